The van der Waals surface area contributed by atoms with Crippen molar-refractivity contribution < 1.29 is 8.42 Å². The molecule has 1 atom stereocenters. The Kier molecular flexibility index (Phi) is 6.75. The fraction of sp³-hybridized carbons (Fsp3) is 0.154. The molecule has 0 aromatic heterocycles. The van der Waals surface area contributed by atoms with E-state index in [0.717, 1.165) is 22.3 Å². The molecule has 0 aliphatic heterocycles. The highest BCUT2D eigenvalue weighted by Crippen LogP contribution is 2.31. The van der Waals surface area contributed by atoms with E-state index in [4.69, 9.17) is 6.42 Å². The van der Waals surface area contributed by atoms with E-state index in [2.05, 4.69) is 17.8 Å². The number of aryl methyl sites for hydroxylation is 2. The summed E-state index contributed by atoms with van der Waals surface area (Å²) < 4.78 is 28.4. The first-order valence-electron chi connectivity index (χ1n) is 9.58. The van der Waals surface area contributed by atoms with Gasteiger partial charge in [-0.3, -0.25) is 0 Å². The molecule has 1 unspecified atom stereocenters. The number of nitrogens with zero attached hydrogens (tertiary/aromatic N) is 1. The van der Waals surface area contributed by atoms with Crippen molar-refractivity contribution in [2.24, 2.45) is 0 Å². The lowest BCUT2D eigenvalue weighted by Crippen LogP contribution is -2.35. The van der Waals surface area contributed by atoms with Crippen LogP contribution in [0.3, 0.4) is 0 Å². The monoisotopic (exact) mass is 413 g/mol. The molecule has 0 aliphatic carbocycles. The van der Waals surface area contributed by atoms with E-state index >= 15 is 0 Å². The van der Waals surface area contributed by atoms with E-state index in [1.165, 1.54) is 4.31 Å². The van der Waals surface area contributed by atoms with E-state index in [1.54, 1.807) is 30.3 Å². The molecule has 0 fully saturated rings. The van der Waals surface area contributed by atoms with Gasteiger partial charge in [0.2, 0.25) is 10.0 Å². The van der Waals surface area contributed by atoms with Gasteiger partial charge in [0.1, 0.15) is 6.04 Å². The van der Waals surface area contributed by atoms with Crippen LogP contribution in [0, 0.1) is 38.0 Å². The molecule has 4 heteroatoms. The standard InChI is InChI=1S/C26H23NO2S/c1-4-20-27(30(28,29)24-16-9-6-10-17-24)25(19-18-23-14-7-5-8-15-23)26-21(2)12-11-13-22(26)3/h1,5-17,25H,20H2,2-3H3. The van der Waals surface area contributed by atoms with Crippen molar-refractivity contribution in [2.75, 3.05) is 6.54 Å². The topological polar surface area (TPSA) is 37.4 Å². The van der Waals surface area contributed by atoms with Crippen molar-refractivity contribution in [3.05, 3.63) is 101 Å². The van der Waals surface area contributed by atoms with Gasteiger partial charge >= 0.3 is 0 Å². The third kappa shape index (κ3) is 4.63. The third-order valence-corrected chi connectivity index (χ3v) is 6.65. The van der Waals surface area contributed by atoms with Gasteiger partial charge in [0.05, 0.1) is 11.4 Å². The second kappa shape index (κ2) is 9.46. The van der Waals surface area contributed by atoms with E-state index in [9.17, 15) is 8.42 Å². The summed E-state index contributed by atoms with van der Waals surface area (Å²) in [5.74, 6) is 8.84. The van der Waals surface area contributed by atoms with Crippen LogP contribution in [-0.4, -0.2) is 19.3 Å². The van der Waals surface area contributed by atoms with Crippen molar-refractivity contribution >= 4 is 10.0 Å². The first kappa shape index (κ1) is 21.4. The lowest BCUT2D eigenvalue weighted by Gasteiger charge is -2.28. The minimum Gasteiger partial charge on any atom is -0.207 e. The largest absolute Gasteiger partial charge is 0.245 e. The Hall–Kier alpha value is -3.31. The number of rotatable bonds is 5. The molecule has 0 saturated heterocycles. The van der Waals surface area contributed by atoms with Crippen molar-refractivity contribution in [1.82, 2.24) is 4.31 Å². The van der Waals surface area contributed by atoms with Crippen LogP contribution in [0.15, 0.2) is 83.8 Å². The Morgan fingerprint density at radius 2 is 1.43 bits per heavy atom. The Bertz CT molecular complexity index is 1190. The minimum atomic E-state index is -3.86. The maximum Gasteiger partial charge on any atom is 0.245 e. The molecule has 3 nitrogen and oxygen atoms in total. The van der Waals surface area contributed by atoms with Crippen molar-refractivity contribution in [2.45, 2.75) is 24.8 Å². The Labute approximate surface area is 179 Å². The fourth-order valence-corrected chi connectivity index (χ4v) is 4.80. The molecule has 0 N–H and O–H groups in total. The quantitative estimate of drug-likeness (QED) is 0.568. The minimum absolute atomic E-state index is 0.0842. The molecule has 0 radical (unpaired) electrons. The molecule has 150 valence electrons. The number of terminal acetylenes is 1. The number of sulfonamides is 1. The summed E-state index contributed by atoms with van der Waals surface area (Å²) >= 11 is 0. The van der Waals surface area contributed by atoms with Crippen LogP contribution in [0.1, 0.15) is 28.3 Å². The summed E-state index contributed by atoms with van der Waals surface area (Å²) in [4.78, 5) is 0.193. The summed E-state index contributed by atoms with van der Waals surface area (Å²) in [6.45, 7) is 3.84. The first-order chi connectivity index (χ1) is 14.4. The Morgan fingerprint density at radius 3 is 2.00 bits per heavy atom. The van der Waals surface area contributed by atoms with Crippen molar-refractivity contribution in [1.29, 1.82) is 0 Å². The number of benzene rings is 3. The zero-order chi connectivity index (χ0) is 21.6. The summed E-state index contributed by atoms with van der Waals surface area (Å²) in [7, 11) is -3.86. The van der Waals surface area contributed by atoms with E-state index in [0.29, 0.717) is 0 Å². The maximum absolute atomic E-state index is 13.5. The molecule has 3 aromatic rings. The number of hydrogen-bond donors (Lipinski definition) is 0. The van der Waals surface area contributed by atoms with Crippen molar-refractivity contribution in [3.63, 3.8) is 0 Å². The lowest BCUT2D eigenvalue weighted by molar-refractivity contribution is 0.408. The van der Waals surface area contributed by atoms with Gasteiger partial charge in [0, 0.05) is 5.56 Å². The SMILES string of the molecule is C#CCN(C(C#Cc1ccccc1)c1c(C)cccc1C)S(=O)(=O)c1ccccc1. The zero-order valence-electron chi connectivity index (χ0n) is 17.0. The second-order valence-electron chi connectivity index (χ2n) is 6.91. The van der Waals surface area contributed by atoms with Crippen LogP contribution >= 0.6 is 0 Å². The third-order valence-electron chi connectivity index (χ3n) is 4.83. The van der Waals surface area contributed by atoms with Crippen LogP contribution in [0.4, 0.5) is 0 Å². The first-order valence-corrected chi connectivity index (χ1v) is 11.0. The van der Waals surface area contributed by atoms with Gasteiger partial charge in [-0.25, -0.2) is 8.42 Å². The van der Waals surface area contributed by atoms with Crippen LogP contribution in [-0.2, 0) is 10.0 Å². The van der Waals surface area contributed by atoms with Gasteiger partial charge in [0.15, 0.2) is 0 Å². The Morgan fingerprint density at radius 1 is 0.867 bits per heavy atom. The molecule has 0 heterocycles. The summed E-state index contributed by atoms with van der Waals surface area (Å²) in [6.07, 6.45) is 5.60. The molecule has 0 saturated carbocycles. The highest BCUT2D eigenvalue weighted by molar-refractivity contribution is 7.89. The molecule has 0 amide bonds. The zero-order valence-corrected chi connectivity index (χ0v) is 17.9. The predicted molar refractivity (Wildman–Crippen MR) is 121 cm³/mol. The molecular weight excluding hydrogens is 390 g/mol. The Balaban J connectivity index is 2.21. The van der Waals surface area contributed by atoms with Crippen LogP contribution in [0.2, 0.25) is 0 Å². The van der Waals surface area contributed by atoms with Crippen LogP contribution in [0.25, 0.3) is 0 Å². The predicted octanol–water partition coefficient (Wildman–Crippen LogP) is 4.72. The van der Waals surface area contributed by atoms with E-state index in [1.807, 2.05) is 62.4 Å². The van der Waals surface area contributed by atoms with Gasteiger partial charge < -0.3 is 0 Å². The molecule has 0 bridgehead atoms. The summed E-state index contributed by atoms with van der Waals surface area (Å²) in [6, 6.07) is 23.0. The van der Waals surface area contributed by atoms with E-state index in [-0.39, 0.29) is 11.4 Å². The average Bonchev–Trinajstić information content (AvgIpc) is 2.75. The molecule has 3 aromatic carbocycles. The average molecular weight is 414 g/mol. The molecular formula is C26H23NO2S. The highest BCUT2D eigenvalue weighted by atomic mass is 32.2. The number of hydrogen-bond acceptors (Lipinski definition) is 2. The molecule has 0 aliphatic rings. The molecule has 30 heavy (non-hydrogen) atoms. The second-order valence-corrected chi connectivity index (χ2v) is 8.80. The van der Waals surface area contributed by atoms with Crippen LogP contribution in [0.5, 0.6) is 0 Å². The fourth-order valence-electron chi connectivity index (χ4n) is 3.35. The normalized spacial score (nSPS) is 11.9. The maximum atomic E-state index is 13.5. The van der Waals surface area contributed by atoms with Gasteiger partial charge in [-0.2, -0.15) is 4.31 Å². The van der Waals surface area contributed by atoms with Crippen LogP contribution < -0.4 is 0 Å². The summed E-state index contributed by atoms with van der Waals surface area (Å²) in [5.41, 5.74) is 3.60. The van der Waals surface area contributed by atoms with Gasteiger partial charge in [-0.1, -0.05) is 72.4 Å². The summed E-state index contributed by atoms with van der Waals surface area (Å²) in [5, 5.41) is 0. The van der Waals surface area contributed by atoms with Gasteiger partial charge in [-0.15, -0.1) is 6.42 Å². The van der Waals surface area contributed by atoms with Gasteiger partial charge in [-0.05, 0) is 54.8 Å². The van der Waals surface area contributed by atoms with Crippen molar-refractivity contribution in [3.8, 4) is 24.2 Å². The highest BCUT2D eigenvalue weighted by Gasteiger charge is 2.32. The lowest BCUT2D eigenvalue weighted by atomic mass is 9.96. The van der Waals surface area contributed by atoms with E-state index < -0.39 is 16.1 Å². The molecule has 3 rings (SSSR count). The molecule has 0 spiro atoms. The smallest absolute Gasteiger partial charge is 0.207 e. The van der Waals surface area contributed by atoms with Gasteiger partial charge in [0.25, 0.3) is 0 Å².